The molecule has 0 amide bonds. The largest absolute Gasteiger partial charge is 0.547 e. The Kier molecular flexibility index (Phi) is 7.84. The summed E-state index contributed by atoms with van der Waals surface area (Å²) in [5, 5.41) is 16.7. The van der Waals surface area contributed by atoms with Crippen LogP contribution in [0, 0.1) is 0 Å². The van der Waals surface area contributed by atoms with Gasteiger partial charge in [-0.2, -0.15) is 0 Å². The molecule has 70 valence electrons. The van der Waals surface area contributed by atoms with Crippen molar-refractivity contribution in [3.8, 4) is 0 Å². The maximum atomic E-state index is 9.84. The number of carbonyl (C=O) groups is 2. The van der Waals surface area contributed by atoms with Gasteiger partial charge in [-0.15, -0.1) is 0 Å². The van der Waals surface area contributed by atoms with Gasteiger partial charge in [-0.05, 0) is 0 Å². The highest BCUT2D eigenvalue weighted by molar-refractivity contribution is 5.72. The van der Waals surface area contributed by atoms with E-state index in [1.54, 1.807) is 0 Å². The van der Waals surface area contributed by atoms with E-state index in [1.165, 1.54) is 11.6 Å². The van der Waals surface area contributed by atoms with Crippen molar-refractivity contribution in [2.75, 3.05) is 13.6 Å². The van der Waals surface area contributed by atoms with Crippen molar-refractivity contribution >= 4 is 18.4 Å². The highest BCUT2D eigenvalue weighted by atomic mass is 16.4. The van der Waals surface area contributed by atoms with Crippen LogP contribution in [0.15, 0.2) is 0 Å². The number of aliphatic carboxylic acids is 1. The molecule has 0 radical (unpaired) electrons. The maximum absolute atomic E-state index is 9.84. The normalized spacial score (nSPS) is 7.42. The molecule has 0 aromatic carbocycles. The van der Waals surface area contributed by atoms with Gasteiger partial charge < -0.3 is 15.0 Å². The standard InChI is InChI=1S/C4H9N3O2.CH2O2/c1-7(4(5)6)2-3(8)9;2-1-3/h2H2,1H3,(H4,5,6,8,9);1H,(H,2,3). The summed E-state index contributed by atoms with van der Waals surface area (Å²) in [7, 11) is 1.46. The molecule has 0 aromatic rings. The van der Waals surface area contributed by atoms with Crippen LogP contribution in [-0.2, 0) is 9.59 Å². The van der Waals surface area contributed by atoms with E-state index in [1.807, 2.05) is 0 Å². The molecule has 0 atom stereocenters. The average Bonchev–Trinajstić information content (AvgIpc) is 1.87. The molecule has 0 aromatic heterocycles. The predicted octanol–water partition coefficient (Wildman–Crippen LogP) is -3.65. The number of carbonyl (C=O) groups excluding carboxylic acids is 1. The minimum absolute atomic E-state index is 0.0285. The first-order chi connectivity index (χ1) is 5.45. The first kappa shape index (κ1) is 12.8. The summed E-state index contributed by atoms with van der Waals surface area (Å²) in [6.07, 6.45) is 0. The first-order valence-corrected chi connectivity index (χ1v) is 2.82. The molecule has 0 rings (SSSR count). The number of nitrogens with two attached hydrogens (primary N) is 2. The molecule has 0 bridgehead atoms. The quantitative estimate of drug-likeness (QED) is 0.172. The average molecular weight is 177 g/mol. The summed E-state index contributed by atoms with van der Waals surface area (Å²) < 4.78 is 1.18. The predicted molar refractivity (Wildman–Crippen MR) is 38.1 cm³/mol. The molecule has 5 N–H and O–H groups in total. The van der Waals surface area contributed by atoms with Crippen molar-refractivity contribution in [3.05, 3.63) is 0 Å². The summed E-state index contributed by atoms with van der Waals surface area (Å²) in [5.74, 6) is -1.23. The molecule has 0 fully saturated rings. The van der Waals surface area contributed by atoms with E-state index >= 15 is 0 Å². The Morgan fingerprint density at radius 3 is 2.08 bits per heavy atom. The monoisotopic (exact) mass is 177 g/mol. The van der Waals surface area contributed by atoms with Crippen molar-refractivity contribution in [3.63, 3.8) is 0 Å². The third-order valence-electron chi connectivity index (χ3n) is 0.807. The highest BCUT2D eigenvalue weighted by Gasteiger charge is 1.94. The zero-order valence-electron chi connectivity index (χ0n) is 6.56. The van der Waals surface area contributed by atoms with Crippen LogP contribution in [-0.4, -0.2) is 41.7 Å². The lowest BCUT2D eigenvalue weighted by molar-refractivity contribution is -0.501. The fourth-order valence-corrected chi connectivity index (χ4v) is 0.285. The van der Waals surface area contributed by atoms with E-state index in [0.29, 0.717) is 0 Å². The Morgan fingerprint density at radius 2 is 2.00 bits per heavy atom. The topological polar surface area (TPSA) is 132 Å². The van der Waals surface area contributed by atoms with E-state index in [4.69, 9.17) is 21.4 Å². The number of hydrogen-bond acceptors (Lipinski definition) is 3. The molecule has 0 aliphatic carbocycles. The van der Waals surface area contributed by atoms with Crippen LogP contribution in [0.5, 0.6) is 0 Å². The number of rotatable bonds is 2. The molecule has 0 aliphatic rings. The third kappa shape index (κ3) is 11.1. The van der Waals surface area contributed by atoms with Crippen LogP contribution >= 0.6 is 0 Å². The van der Waals surface area contributed by atoms with Crippen LogP contribution in [0.1, 0.15) is 0 Å². The van der Waals surface area contributed by atoms with Gasteiger partial charge in [0.1, 0.15) is 6.54 Å². The molecule has 0 spiro atoms. The van der Waals surface area contributed by atoms with Crippen molar-refractivity contribution < 1.29 is 24.4 Å². The third-order valence-corrected chi connectivity index (χ3v) is 0.807. The lowest BCUT2D eigenvalue weighted by atomic mass is 10.6. The van der Waals surface area contributed by atoms with E-state index in [9.17, 15) is 9.90 Å². The van der Waals surface area contributed by atoms with Crippen LogP contribution in [0.25, 0.3) is 0 Å². The van der Waals surface area contributed by atoms with E-state index in [2.05, 4.69) is 0 Å². The molecule has 12 heavy (non-hydrogen) atoms. The summed E-state index contributed by atoms with van der Waals surface area (Å²) in [6.45, 7) is -0.525. The fraction of sp³-hybridized carbons (Fsp3) is 0.400. The first-order valence-electron chi connectivity index (χ1n) is 2.82. The number of nitrogens with zero attached hydrogens (tertiary/aromatic N) is 1. The van der Waals surface area contributed by atoms with E-state index in [0.717, 1.165) is 0 Å². The molecular formula is C5H11N3O4. The van der Waals surface area contributed by atoms with Gasteiger partial charge in [0.15, 0.2) is 0 Å². The zero-order chi connectivity index (χ0) is 10.1. The summed E-state index contributed by atoms with van der Waals surface area (Å²) in [4.78, 5) is 18.2. The summed E-state index contributed by atoms with van der Waals surface area (Å²) in [6, 6.07) is 0. The van der Waals surface area contributed by atoms with E-state index in [-0.39, 0.29) is 19.0 Å². The Balaban J connectivity index is 0. The van der Waals surface area contributed by atoms with Crippen molar-refractivity contribution in [1.29, 1.82) is 0 Å². The lowest BCUT2D eigenvalue weighted by Gasteiger charge is -2.01. The summed E-state index contributed by atoms with van der Waals surface area (Å²) >= 11 is 0. The van der Waals surface area contributed by atoms with Crippen LogP contribution in [0.3, 0.4) is 0 Å². The van der Waals surface area contributed by atoms with Gasteiger partial charge in [-0.25, -0.2) is 0 Å². The lowest BCUT2D eigenvalue weighted by Crippen LogP contribution is -2.40. The van der Waals surface area contributed by atoms with Crippen LogP contribution in [0.4, 0.5) is 0 Å². The highest BCUT2D eigenvalue weighted by Crippen LogP contribution is 1.62. The van der Waals surface area contributed by atoms with E-state index < -0.39 is 5.97 Å². The summed E-state index contributed by atoms with van der Waals surface area (Å²) in [5.41, 5.74) is 10.0. The molecule has 0 heterocycles. The number of carboxylic acids is 1. The van der Waals surface area contributed by atoms with Crippen LogP contribution in [0.2, 0.25) is 0 Å². The number of guanidine groups is 1. The van der Waals surface area contributed by atoms with Gasteiger partial charge in [0.25, 0.3) is 6.47 Å². The molecule has 0 unspecified atom stereocenters. The molecule has 0 aliphatic heterocycles. The second-order valence-corrected chi connectivity index (χ2v) is 1.76. The Bertz CT molecular complexity index is 185. The van der Waals surface area contributed by atoms with Gasteiger partial charge in [-0.1, -0.05) is 0 Å². The minimum Gasteiger partial charge on any atom is -0.547 e. The Hall–Kier alpha value is -1.79. The molecule has 7 nitrogen and oxygen atoms in total. The fourth-order valence-electron chi connectivity index (χ4n) is 0.285. The van der Waals surface area contributed by atoms with Gasteiger partial charge in [0.2, 0.25) is 0 Å². The van der Waals surface area contributed by atoms with Crippen LogP contribution < -0.4 is 16.6 Å². The number of likely N-dealkylation sites (N-methyl/N-ethyl adjacent to an activating group) is 1. The maximum Gasteiger partial charge on any atom is 0.341 e. The van der Waals surface area contributed by atoms with Gasteiger partial charge in [-0.3, -0.25) is 20.8 Å². The van der Waals surface area contributed by atoms with Gasteiger partial charge in [0.05, 0.1) is 13.0 Å². The Labute approximate surface area is 68.9 Å². The van der Waals surface area contributed by atoms with Crippen molar-refractivity contribution in [2.45, 2.75) is 0 Å². The smallest absolute Gasteiger partial charge is 0.341 e. The minimum atomic E-state index is -1.20. The molecule has 7 heteroatoms. The van der Waals surface area contributed by atoms with Crippen molar-refractivity contribution in [2.24, 2.45) is 11.5 Å². The molecular weight excluding hydrogens is 166 g/mol. The Morgan fingerprint density at radius 1 is 1.67 bits per heavy atom. The zero-order valence-corrected chi connectivity index (χ0v) is 6.56. The van der Waals surface area contributed by atoms with Crippen molar-refractivity contribution in [1.82, 2.24) is 0 Å². The van der Waals surface area contributed by atoms with Gasteiger partial charge >= 0.3 is 5.96 Å². The number of carboxylic acid groups (broad SMARTS) is 2. The second kappa shape index (κ2) is 7.32. The second-order valence-electron chi connectivity index (χ2n) is 1.76. The van der Waals surface area contributed by atoms with Gasteiger partial charge in [0, 0.05) is 0 Å². The SMILES string of the molecule is C[N+](CC(=O)[O-])=C(N)N.O=CO. The molecule has 0 saturated carbocycles. The number of hydrogen-bond donors (Lipinski definition) is 3. The molecule has 0 saturated heterocycles.